The molecule has 0 aliphatic carbocycles. The van der Waals surface area contributed by atoms with Gasteiger partial charge in [-0.15, -0.1) is 0 Å². The Kier molecular flexibility index (Phi) is 10.8. The summed E-state index contributed by atoms with van der Waals surface area (Å²) in [6.45, 7) is 6.75. The quantitative estimate of drug-likeness (QED) is 0.300. The minimum absolute atomic E-state index is 0.0223. The van der Waals surface area contributed by atoms with Crippen molar-refractivity contribution in [2.75, 3.05) is 26.8 Å². The molecule has 6 heteroatoms. The van der Waals surface area contributed by atoms with Crippen molar-refractivity contribution in [1.29, 1.82) is 0 Å². The molecule has 1 atom stereocenters. The molecule has 0 saturated carbocycles. The molecule has 1 unspecified atom stereocenters. The molecule has 2 amide bonds. The zero-order valence-electron chi connectivity index (χ0n) is 21.8. The molecule has 0 bridgehead atoms. The van der Waals surface area contributed by atoms with E-state index in [-0.39, 0.29) is 24.3 Å². The third-order valence-electron chi connectivity index (χ3n) is 6.49. The van der Waals surface area contributed by atoms with Crippen LogP contribution in [0.4, 0.5) is 0 Å². The first-order chi connectivity index (χ1) is 17.5. The van der Waals surface area contributed by atoms with Crippen LogP contribution >= 0.6 is 0 Å². The van der Waals surface area contributed by atoms with Gasteiger partial charge in [-0.05, 0) is 36.1 Å². The van der Waals surface area contributed by atoms with Gasteiger partial charge >= 0.3 is 0 Å². The highest BCUT2D eigenvalue weighted by Gasteiger charge is 2.25. The average Bonchev–Trinajstić information content (AvgIpc) is 3.34. The molecule has 1 aromatic heterocycles. The van der Waals surface area contributed by atoms with E-state index < -0.39 is 0 Å². The molecule has 0 fully saturated rings. The van der Waals surface area contributed by atoms with E-state index in [1.54, 1.807) is 12.0 Å². The van der Waals surface area contributed by atoms with E-state index in [0.29, 0.717) is 32.7 Å². The van der Waals surface area contributed by atoms with Crippen LogP contribution in [0.5, 0.6) is 0 Å². The van der Waals surface area contributed by atoms with Gasteiger partial charge in [-0.2, -0.15) is 0 Å². The number of benzene rings is 2. The molecular formula is C30H39N3O3. The summed E-state index contributed by atoms with van der Waals surface area (Å²) in [5.74, 6) is -0.152. The number of carbonyl (C=O) groups is 2. The van der Waals surface area contributed by atoms with E-state index in [1.165, 1.54) is 5.56 Å². The number of nitrogens with zero attached hydrogens (tertiary/aromatic N) is 3. The van der Waals surface area contributed by atoms with Crippen molar-refractivity contribution >= 4 is 11.8 Å². The SMILES string of the molecule is CCC(C)C(=O)N(CCCOC)CC(=O)N(Cc1ccccc1)Cc1cccn1Cc1ccccc1. The van der Waals surface area contributed by atoms with Crippen LogP contribution in [0.25, 0.3) is 0 Å². The number of rotatable bonds is 14. The smallest absolute Gasteiger partial charge is 0.242 e. The van der Waals surface area contributed by atoms with Crippen LogP contribution < -0.4 is 0 Å². The Hall–Kier alpha value is -3.38. The highest BCUT2D eigenvalue weighted by atomic mass is 16.5. The molecule has 0 aliphatic rings. The maximum Gasteiger partial charge on any atom is 0.242 e. The number of carbonyl (C=O) groups excluding carboxylic acids is 2. The summed E-state index contributed by atoms with van der Waals surface area (Å²) in [6, 6.07) is 24.4. The zero-order valence-corrected chi connectivity index (χ0v) is 21.8. The number of methoxy groups -OCH3 is 1. The van der Waals surface area contributed by atoms with Gasteiger partial charge in [0.15, 0.2) is 0 Å². The van der Waals surface area contributed by atoms with E-state index in [4.69, 9.17) is 4.74 Å². The van der Waals surface area contributed by atoms with Gasteiger partial charge in [0.05, 0.1) is 13.1 Å². The molecule has 0 saturated heterocycles. The molecule has 6 nitrogen and oxygen atoms in total. The van der Waals surface area contributed by atoms with Crippen LogP contribution in [0, 0.1) is 5.92 Å². The van der Waals surface area contributed by atoms with Gasteiger partial charge in [-0.1, -0.05) is 74.5 Å². The average molecular weight is 490 g/mol. The van der Waals surface area contributed by atoms with Crippen molar-refractivity contribution in [2.45, 2.75) is 46.3 Å². The van der Waals surface area contributed by atoms with E-state index in [2.05, 4.69) is 29.0 Å². The highest BCUT2D eigenvalue weighted by molar-refractivity contribution is 5.85. The Morgan fingerprint density at radius 3 is 2.19 bits per heavy atom. The molecular weight excluding hydrogens is 450 g/mol. The summed E-state index contributed by atoms with van der Waals surface area (Å²) in [5, 5.41) is 0. The minimum Gasteiger partial charge on any atom is -0.385 e. The second-order valence-corrected chi connectivity index (χ2v) is 9.26. The zero-order chi connectivity index (χ0) is 25.8. The third kappa shape index (κ3) is 8.09. The van der Waals surface area contributed by atoms with Gasteiger partial charge in [-0.25, -0.2) is 0 Å². The fraction of sp³-hybridized carbons (Fsp3) is 0.400. The second kappa shape index (κ2) is 14.2. The van der Waals surface area contributed by atoms with Gasteiger partial charge < -0.3 is 19.1 Å². The summed E-state index contributed by atoms with van der Waals surface area (Å²) in [5.41, 5.74) is 3.33. The second-order valence-electron chi connectivity index (χ2n) is 9.26. The normalized spacial score (nSPS) is 11.8. The number of aromatic nitrogens is 1. The van der Waals surface area contributed by atoms with E-state index in [9.17, 15) is 9.59 Å². The largest absolute Gasteiger partial charge is 0.385 e. The first-order valence-electron chi connectivity index (χ1n) is 12.8. The van der Waals surface area contributed by atoms with Crippen molar-refractivity contribution in [1.82, 2.24) is 14.4 Å². The lowest BCUT2D eigenvalue weighted by molar-refractivity contribution is -0.143. The monoisotopic (exact) mass is 489 g/mol. The Labute approximate surface area is 215 Å². The van der Waals surface area contributed by atoms with Gasteiger partial charge in [0.25, 0.3) is 0 Å². The Morgan fingerprint density at radius 1 is 0.889 bits per heavy atom. The summed E-state index contributed by atoms with van der Waals surface area (Å²) in [6.07, 6.45) is 3.50. The predicted octanol–water partition coefficient (Wildman–Crippen LogP) is 4.98. The molecule has 36 heavy (non-hydrogen) atoms. The van der Waals surface area contributed by atoms with Crippen LogP contribution in [0.3, 0.4) is 0 Å². The highest BCUT2D eigenvalue weighted by Crippen LogP contribution is 2.15. The van der Waals surface area contributed by atoms with Crippen LogP contribution in [-0.4, -0.2) is 53.0 Å². The number of hydrogen-bond acceptors (Lipinski definition) is 3. The lowest BCUT2D eigenvalue weighted by Crippen LogP contribution is -2.45. The molecule has 1 heterocycles. The number of amides is 2. The van der Waals surface area contributed by atoms with Crippen molar-refractivity contribution in [3.05, 3.63) is 95.8 Å². The lowest BCUT2D eigenvalue weighted by Gasteiger charge is -2.29. The first kappa shape index (κ1) is 27.2. The van der Waals surface area contributed by atoms with Gasteiger partial charge in [0.1, 0.15) is 0 Å². The fourth-order valence-electron chi connectivity index (χ4n) is 4.18. The van der Waals surface area contributed by atoms with Crippen LogP contribution in [0.1, 0.15) is 43.5 Å². The fourth-order valence-corrected chi connectivity index (χ4v) is 4.18. The Morgan fingerprint density at radius 2 is 1.56 bits per heavy atom. The number of hydrogen-bond donors (Lipinski definition) is 0. The predicted molar refractivity (Wildman–Crippen MR) is 143 cm³/mol. The van der Waals surface area contributed by atoms with Gasteiger partial charge in [-0.3, -0.25) is 9.59 Å². The summed E-state index contributed by atoms with van der Waals surface area (Å²) >= 11 is 0. The number of ether oxygens (including phenoxy) is 1. The summed E-state index contributed by atoms with van der Waals surface area (Å²) in [4.78, 5) is 30.3. The summed E-state index contributed by atoms with van der Waals surface area (Å²) in [7, 11) is 1.65. The molecule has 3 aromatic rings. The van der Waals surface area contributed by atoms with Crippen LogP contribution in [0.2, 0.25) is 0 Å². The van der Waals surface area contributed by atoms with E-state index >= 15 is 0 Å². The lowest BCUT2D eigenvalue weighted by atomic mass is 10.1. The van der Waals surface area contributed by atoms with Gasteiger partial charge in [0, 0.05) is 51.2 Å². The summed E-state index contributed by atoms with van der Waals surface area (Å²) < 4.78 is 7.37. The van der Waals surface area contributed by atoms with Crippen molar-refractivity contribution in [2.24, 2.45) is 5.92 Å². The van der Waals surface area contributed by atoms with Gasteiger partial charge in [0.2, 0.25) is 11.8 Å². The Bertz CT molecular complexity index is 1070. The molecule has 0 N–H and O–H groups in total. The van der Waals surface area contributed by atoms with Crippen molar-refractivity contribution in [3.8, 4) is 0 Å². The Balaban J connectivity index is 1.80. The van der Waals surface area contributed by atoms with Crippen LogP contribution in [0.15, 0.2) is 79.0 Å². The minimum atomic E-state index is -0.119. The molecule has 0 radical (unpaired) electrons. The maximum absolute atomic E-state index is 13.7. The maximum atomic E-state index is 13.7. The molecule has 192 valence electrons. The van der Waals surface area contributed by atoms with E-state index in [1.807, 2.05) is 73.3 Å². The van der Waals surface area contributed by atoms with Crippen molar-refractivity contribution < 1.29 is 14.3 Å². The molecule has 0 aliphatic heterocycles. The van der Waals surface area contributed by atoms with Crippen LogP contribution in [-0.2, 0) is 34.0 Å². The third-order valence-corrected chi connectivity index (χ3v) is 6.49. The van der Waals surface area contributed by atoms with E-state index in [0.717, 1.165) is 24.2 Å². The molecule has 3 rings (SSSR count). The van der Waals surface area contributed by atoms with Crippen molar-refractivity contribution in [3.63, 3.8) is 0 Å². The first-order valence-corrected chi connectivity index (χ1v) is 12.8. The molecule has 0 spiro atoms. The standard InChI is InChI=1S/C30H39N3O3/c1-4-25(2)30(35)32(19-12-20-36-3)24-29(34)33(22-27-15-9-6-10-16-27)23-28-17-11-18-31(28)21-26-13-7-5-8-14-26/h5-11,13-18,25H,4,12,19-24H2,1-3H3. The topological polar surface area (TPSA) is 54.8 Å². The molecule has 2 aromatic carbocycles.